The van der Waals surface area contributed by atoms with Crippen LogP contribution >= 0.6 is 0 Å². The maximum atomic E-state index is 8.96. The van der Waals surface area contributed by atoms with Crippen LogP contribution in [0.4, 0.5) is 0 Å². The van der Waals surface area contributed by atoms with E-state index in [9.17, 15) is 0 Å². The lowest BCUT2D eigenvalue weighted by Gasteiger charge is -2.36. The predicted molar refractivity (Wildman–Crippen MR) is 69.5 cm³/mol. The van der Waals surface area contributed by atoms with Gasteiger partial charge in [-0.1, -0.05) is 33.6 Å². The van der Waals surface area contributed by atoms with Gasteiger partial charge in [-0.3, -0.25) is 0 Å². The molecule has 1 aliphatic carbocycles. The first-order chi connectivity index (χ1) is 7.57. The lowest BCUT2D eigenvalue weighted by atomic mass is 9.75. The summed E-state index contributed by atoms with van der Waals surface area (Å²) in [7, 11) is 0. The minimum absolute atomic E-state index is 0.330. The van der Waals surface area contributed by atoms with Crippen molar-refractivity contribution in [1.29, 1.82) is 0 Å². The molecule has 96 valence electrons. The predicted octanol–water partition coefficient (Wildman–Crippen LogP) is 2.95. The highest BCUT2D eigenvalue weighted by Crippen LogP contribution is 2.35. The van der Waals surface area contributed by atoms with Gasteiger partial charge in [0.2, 0.25) is 0 Å². The van der Waals surface area contributed by atoms with Gasteiger partial charge in [0.1, 0.15) is 0 Å². The number of nitrogens with one attached hydrogen (secondary N) is 1. The van der Waals surface area contributed by atoms with Crippen LogP contribution in [-0.2, 0) is 0 Å². The molecule has 0 amide bonds. The van der Waals surface area contributed by atoms with Gasteiger partial charge < -0.3 is 10.4 Å². The molecule has 2 atom stereocenters. The van der Waals surface area contributed by atoms with Crippen LogP contribution in [0.2, 0.25) is 0 Å². The standard InChI is InChI=1S/C14H29NO/c1-4-12(7-9-16)11-15-13-6-5-8-14(2,3)10-13/h12-13,15-16H,4-11H2,1-3H3. The maximum absolute atomic E-state index is 8.96. The van der Waals surface area contributed by atoms with Crippen LogP contribution < -0.4 is 5.32 Å². The molecular formula is C14H29NO. The van der Waals surface area contributed by atoms with E-state index in [2.05, 4.69) is 26.1 Å². The van der Waals surface area contributed by atoms with Gasteiger partial charge in [0.25, 0.3) is 0 Å². The summed E-state index contributed by atoms with van der Waals surface area (Å²) in [6.07, 6.45) is 7.49. The van der Waals surface area contributed by atoms with Crippen LogP contribution in [0.3, 0.4) is 0 Å². The first kappa shape index (κ1) is 14.0. The summed E-state index contributed by atoms with van der Waals surface area (Å²) >= 11 is 0. The lowest BCUT2D eigenvalue weighted by Crippen LogP contribution is -2.39. The summed E-state index contributed by atoms with van der Waals surface area (Å²) in [4.78, 5) is 0. The van der Waals surface area contributed by atoms with E-state index >= 15 is 0 Å². The van der Waals surface area contributed by atoms with E-state index in [1.807, 2.05) is 0 Å². The molecule has 16 heavy (non-hydrogen) atoms. The Labute approximate surface area is 101 Å². The van der Waals surface area contributed by atoms with Crippen LogP contribution in [-0.4, -0.2) is 24.3 Å². The summed E-state index contributed by atoms with van der Waals surface area (Å²) in [5.41, 5.74) is 0.522. The van der Waals surface area contributed by atoms with Gasteiger partial charge in [-0.2, -0.15) is 0 Å². The molecule has 1 fully saturated rings. The summed E-state index contributed by atoms with van der Waals surface area (Å²) in [6.45, 7) is 8.39. The van der Waals surface area contributed by atoms with Gasteiger partial charge in [-0.25, -0.2) is 0 Å². The lowest BCUT2D eigenvalue weighted by molar-refractivity contribution is 0.188. The van der Waals surface area contributed by atoms with Crippen molar-refractivity contribution in [3.05, 3.63) is 0 Å². The highest BCUT2D eigenvalue weighted by Gasteiger charge is 2.27. The molecule has 0 aromatic carbocycles. The molecule has 0 aliphatic heterocycles. The molecular weight excluding hydrogens is 198 g/mol. The quantitative estimate of drug-likeness (QED) is 0.731. The topological polar surface area (TPSA) is 32.3 Å². The highest BCUT2D eigenvalue weighted by atomic mass is 16.3. The molecule has 0 aromatic rings. The molecule has 1 rings (SSSR count). The summed E-state index contributed by atoms with van der Waals surface area (Å²) in [5.74, 6) is 0.648. The average Bonchev–Trinajstić information content (AvgIpc) is 2.23. The SMILES string of the molecule is CCC(CCO)CNC1CCCC(C)(C)C1. The smallest absolute Gasteiger partial charge is 0.0434 e. The van der Waals surface area contributed by atoms with Crippen molar-refractivity contribution < 1.29 is 5.11 Å². The summed E-state index contributed by atoms with van der Waals surface area (Å²) < 4.78 is 0. The minimum Gasteiger partial charge on any atom is -0.396 e. The Balaban J connectivity index is 2.26. The third-order valence-corrected chi connectivity index (χ3v) is 4.02. The third kappa shape index (κ3) is 4.84. The molecule has 2 unspecified atom stereocenters. The number of aliphatic hydroxyl groups is 1. The van der Waals surface area contributed by atoms with E-state index in [0.717, 1.165) is 13.0 Å². The van der Waals surface area contributed by atoms with Crippen LogP contribution in [0, 0.1) is 11.3 Å². The first-order valence-corrected chi connectivity index (χ1v) is 6.91. The van der Waals surface area contributed by atoms with Crippen molar-refractivity contribution in [2.75, 3.05) is 13.2 Å². The second-order valence-electron chi connectivity index (χ2n) is 6.15. The van der Waals surface area contributed by atoms with Gasteiger partial charge in [0.15, 0.2) is 0 Å². The molecule has 2 heteroatoms. The van der Waals surface area contributed by atoms with E-state index in [0.29, 0.717) is 24.0 Å². The molecule has 0 bridgehead atoms. The van der Waals surface area contributed by atoms with Crippen LogP contribution in [0.1, 0.15) is 59.3 Å². The zero-order valence-corrected chi connectivity index (χ0v) is 11.3. The fourth-order valence-corrected chi connectivity index (χ4v) is 2.84. The molecule has 0 saturated heterocycles. The van der Waals surface area contributed by atoms with Crippen molar-refractivity contribution in [3.8, 4) is 0 Å². The normalized spacial score (nSPS) is 26.6. The Hall–Kier alpha value is -0.0800. The van der Waals surface area contributed by atoms with Crippen molar-refractivity contribution >= 4 is 0 Å². The zero-order chi connectivity index (χ0) is 12.0. The van der Waals surface area contributed by atoms with E-state index < -0.39 is 0 Å². The van der Waals surface area contributed by atoms with Crippen molar-refractivity contribution in [3.63, 3.8) is 0 Å². The minimum atomic E-state index is 0.330. The number of rotatable bonds is 6. The van der Waals surface area contributed by atoms with Gasteiger partial charge >= 0.3 is 0 Å². The molecule has 0 spiro atoms. The molecule has 0 heterocycles. The van der Waals surface area contributed by atoms with Crippen molar-refractivity contribution in [1.82, 2.24) is 5.32 Å². The van der Waals surface area contributed by atoms with Crippen molar-refractivity contribution in [2.45, 2.75) is 65.3 Å². The fraction of sp³-hybridized carbons (Fsp3) is 1.00. The second kappa shape index (κ2) is 6.61. The van der Waals surface area contributed by atoms with E-state index in [1.165, 1.54) is 32.1 Å². The van der Waals surface area contributed by atoms with Gasteiger partial charge in [-0.05, 0) is 43.6 Å². The molecule has 1 aliphatic rings. The third-order valence-electron chi connectivity index (χ3n) is 4.02. The van der Waals surface area contributed by atoms with Crippen LogP contribution in [0.25, 0.3) is 0 Å². The second-order valence-corrected chi connectivity index (χ2v) is 6.15. The Bertz CT molecular complexity index is 191. The van der Waals surface area contributed by atoms with E-state index in [1.54, 1.807) is 0 Å². The molecule has 0 radical (unpaired) electrons. The first-order valence-electron chi connectivity index (χ1n) is 6.91. The maximum Gasteiger partial charge on any atom is 0.0434 e. The monoisotopic (exact) mass is 227 g/mol. The number of hydrogen-bond donors (Lipinski definition) is 2. The summed E-state index contributed by atoms with van der Waals surface area (Å²) in [6, 6.07) is 0.705. The van der Waals surface area contributed by atoms with Gasteiger partial charge in [0.05, 0.1) is 0 Å². The largest absolute Gasteiger partial charge is 0.396 e. The average molecular weight is 227 g/mol. The number of hydrogen-bond acceptors (Lipinski definition) is 2. The highest BCUT2D eigenvalue weighted by molar-refractivity contribution is 4.83. The van der Waals surface area contributed by atoms with E-state index in [-0.39, 0.29) is 0 Å². The fourth-order valence-electron chi connectivity index (χ4n) is 2.84. The zero-order valence-electron chi connectivity index (χ0n) is 11.3. The van der Waals surface area contributed by atoms with Crippen LogP contribution in [0.15, 0.2) is 0 Å². The summed E-state index contributed by atoms with van der Waals surface area (Å²) in [5, 5.41) is 12.7. The molecule has 0 aromatic heterocycles. The van der Waals surface area contributed by atoms with E-state index in [4.69, 9.17) is 5.11 Å². The Morgan fingerprint density at radius 1 is 1.44 bits per heavy atom. The van der Waals surface area contributed by atoms with Crippen molar-refractivity contribution in [2.24, 2.45) is 11.3 Å². The molecule has 1 saturated carbocycles. The molecule has 2 nitrogen and oxygen atoms in total. The van der Waals surface area contributed by atoms with Gasteiger partial charge in [0, 0.05) is 12.6 Å². The van der Waals surface area contributed by atoms with Crippen LogP contribution in [0.5, 0.6) is 0 Å². The molecule has 2 N–H and O–H groups in total. The Morgan fingerprint density at radius 3 is 2.75 bits per heavy atom. The Morgan fingerprint density at radius 2 is 2.19 bits per heavy atom. The Kier molecular flexibility index (Phi) is 5.77. The number of aliphatic hydroxyl groups excluding tert-OH is 1. The van der Waals surface area contributed by atoms with Gasteiger partial charge in [-0.15, -0.1) is 0 Å².